The smallest absolute Gasteiger partial charge is 0.237 e. The van der Waals surface area contributed by atoms with Crippen molar-refractivity contribution in [2.75, 3.05) is 5.32 Å². The minimum atomic E-state index is -0.377. The average Bonchev–Trinajstić information content (AvgIpc) is 3.06. The van der Waals surface area contributed by atoms with E-state index in [-0.39, 0.29) is 11.2 Å². The first-order valence-corrected chi connectivity index (χ1v) is 10.6. The lowest BCUT2D eigenvalue weighted by Gasteiger charge is -2.13. The van der Waals surface area contributed by atoms with Gasteiger partial charge in [0.2, 0.25) is 5.91 Å². The largest absolute Gasteiger partial charge is 0.325 e. The molecule has 150 valence electrons. The first kappa shape index (κ1) is 21.4. The van der Waals surface area contributed by atoms with Crippen LogP contribution < -0.4 is 5.32 Å². The predicted octanol–water partition coefficient (Wildman–Crippen LogP) is 5.87. The Morgan fingerprint density at radius 1 is 1.24 bits per heavy atom. The number of carbonyl (C=O) groups is 1. The zero-order chi connectivity index (χ0) is 21.0. The molecule has 0 aliphatic heterocycles. The molecule has 2 aromatic carbocycles. The van der Waals surface area contributed by atoms with Gasteiger partial charge in [0, 0.05) is 22.8 Å². The van der Waals surface area contributed by atoms with Gasteiger partial charge in [0.15, 0.2) is 11.0 Å². The molecule has 1 heterocycles. The summed E-state index contributed by atoms with van der Waals surface area (Å²) in [5.41, 5.74) is 2.61. The summed E-state index contributed by atoms with van der Waals surface area (Å²) in [5, 5.41) is 12.7. The third kappa shape index (κ3) is 5.21. The minimum absolute atomic E-state index is 0.113. The number of carbonyl (C=O) groups excluding carboxylic acids is 1. The SMILES string of the molecule is C=CCn1c(SC(C)C(=O)Nc2ccc(C)cc2)nnc1-c1ccc(Cl)cc1Cl. The lowest BCUT2D eigenvalue weighted by Crippen LogP contribution is -2.23. The van der Waals surface area contributed by atoms with Crippen LogP contribution in [0.2, 0.25) is 10.0 Å². The molecule has 29 heavy (non-hydrogen) atoms. The van der Waals surface area contributed by atoms with Crippen LogP contribution in [-0.4, -0.2) is 25.9 Å². The Kier molecular flexibility index (Phi) is 7.00. The molecular formula is C21H20Cl2N4OS. The molecule has 3 aromatic rings. The fraction of sp³-hybridized carbons (Fsp3) is 0.190. The van der Waals surface area contributed by atoms with Gasteiger partial charge in [-0.15, -0.1) is 16.8 Å². The number of aromatic nitrogens is 3. The van der Waals surface area contributed by atoms with Gasteiger partial charge >= 0.3 is 0 Å². The number of allylic oxidation sites excluding steroid dienone is 1. The lowest BCUT2D eigenvalue weighted by molar-refractivity contribution is -0.115. The number of benzene rings is 2. The van der Waals surface area contributed by atoms with Gasteiger partial charge < -0.3 is 5.32 Å². The lowest BCUT2D eigenvalue weighted by atomic mass is 10.2. The Morgan fingerprint density at radius 2 is 1.97 bits per heavy atom. The van der Waals surface area contributed by atoms with Gasteiger partial charge in [-0.1, -0.05) is 58.7 Å². The van der Waals surface area contributed by atoms with Gasteiger partial charge in [-0.2, -0.15) is 0 Å². The van der Waals surface area contributed by atoms with Gasteiger partial charge in [-0.05, 0) is 44.2 Å². The summed E-state index contributed by atoms with van der Waals surface area (Å²) in [6.45, 7) is 8.12. The van der Waals surface area contributed by atoms with E-state index in [4.69, 9.17) is 23.2 Å². The Labute approximate surface area is 184 Å². The molecule has 0 radical (unpaired) electrons. The molecule has 0 spiro atoms. The van der Waals surface area contributed by atoms with E-state index in [9.17, 15) is 4.79 Å². The highest BCUT2D eigenvalue weighted by atomic mass is 35.5. The number of halogens is 2. The van der Waals surface area contributed by atoms with E-state index in [0.29, 0.717) is 33.1 Å². The zero-order valence-corrected chi connectivity index (χ0v) is 18.4. The normalized spacial score (nSPS) is 11.9. The van der Waals surface area contributed by atoms with E-state index in [1.807, 2.05) is 42.7 Å². The second kappa shape index (κ2) is 9.48. The van der Waals surface area contributed by atoms with Crippen molar-refractivity contribution >= 4 is 46.6 Å². The van der Waals surface area contributed by atoms with Gasteiger partial charge in [0.1, 0.15) is 0 Å². The number of nitrogens with zero attached hydrogens (tertiary/aromatic N) is 3. The highest BCUT2D eigenvalue weighted by Gasteiger charge is 2.21. The van der Waals surface area contributed by atoms with E-state index in [1.54, 1.807) is 24.3 Å². The van der Waals surface area contributed by atoms with Crippen LogP contribution in [0.5, 0.6) is 0 Å². The Bertz CT molecular complexity index is 1030. The summed E-state index contributed by atoms with van der Waals surface area (Å²) in [6, 6.07) is 12.9. The van der Waals surface area contributed by atoms with Gasteiger partial charge in [0.05, 0.1) is 10.3 Å². The summed E-state index contributed by atoms with van der Waals surface area (Å²) >= 11 is 13.7. The quantitative estimate of drug-likeness (QED) is 0.364. The number of hydrogen-bond donors (Lipinski definition) is 1. The molecule has 0 aliphatic rings. The van der Waals surface area contributed by atoms with Crippen molar-refractivity contribution in [1.29, 1.82) is 0 Å². The molecule has 1 amide bonds. The highest BCUT2D eigenvalue weighted by Crippen LogP contribution is 2.32. The van der Waals surface area contributed by atoms with Crippen molar-refractivity contribution in [1.82, 2.24) is 14.8 Å². The molecule has 0 fully saturated rings. The van der Waals surface area contributed by atoms with Gasteiger partial charge in [-0.3, -0.25) is 9.36 Å². The number of aryl methyl sites for hydroxylation is 1. The number of thioether (sulfide) groups is 1. The van der Waals surface area contributed by atoms with E-state index in [1.165, 1.54) is 11.8 Å². The Balaban J connectivity index is 1.81. The van der Waals surface area contributed by atoms with Crippen LogP contribution in [-0.2, 0) is 11.3 Å². The van der Waals surface area contributed by atoms with E-state index >= 15 is 0 Å². The first-order chi connectivity index (χ1) is 13.9. The van der Waals surface area contributed by atoms with E-state index < -0.39 is 0 Å². The fourth-order valence-corrected chi connectivity index (χ4v) is 3.98. The molecule has 0 aliphatic carbocycles. The molecular weight excluding hydrogens is 427 g/mol. The van der Waals surface area contributed by atoms with Crippen LogP contribution in [0.15, 0.2) is 60.3 Å². The van der Waals surface area contributed by atoms with Crippen LogP contribution >= 0.6 is 35.0 Å². The summed E-state index contributed by atoms with van der Waals surface area (Å²) < 4.78 is 1.88. The number of rotatable bonds is 7. The number of hydrogen-bond acceptors (Lipinski definition) is 4. The average molecular weight is 447 g/mol. The molecule has 0 saturated carbocycles. The first-order valence-electron chi connectivity index (χ1n) is 8.92. The van der Waals surface area contributed by atoms with Crippen molar-refractivity contribution in [2.24, 2.45) is 0 Å². The van der Waals surface area contributed by atoms with Crippen LogP contribution in [0.3, 0.4) is 0 Å². The number of anilines is 1. The number of nitrogens with one attached hydrogen (secondary N) is 1. The van der Waals surface area contributed by atoms with Crippen molar-refractivity contribution < 1.29 is 4.79 Å². The molecule has 3 rings (SSSR count). The summed E-state index contributed by atoms with van der Waals surface area (Å²) in [6.07, 6.45) is 1.75. The third-order valence-electron chi connectivity index (χ3n) is 4.17. The van der Waals surface area contributed by atoms with Gasteiger partial charge in [-0.25, -0.2) is 0 Å². The van der Waals surface area contributed by atoms with Crippen molar-refractivity contribution in [3.8, 4) is 11.4 Å². The second-order valence-electron chi connectivity index (χ2n) is 6.44. The van der Waals surface area contributed by atoms with Crippen molar-refractivity contribution in [3.63, 3.8) is 0 Å². The Morgan fingerprint density at radius 3 is 2.62 bits per heavy atom. The van der Waals surface area contributed by atoms with Crippen LogP contribution in [0.1, 0.15) is 12.5 Å². The summed E-state index contributed by atoms with van der Waals surface area (Å²) in [5.74, 6) is 0.485. The maximum Gasteiger partial charge on any atom is 0.237 e. The summed E-state index contributed by atoms with van der Waals surface area (Å²) in [7, 11) is 0. The van der Waals surface area contributed by atoms with Gasteiger partial charge in [0.25, 0.3) is 0 Å². The maximum atomic E-state index is 12.6. The minimum Gasteiger partial charge on any atom is -0.325 e. The third-order valence-corrected chi connectivity index (χ3v) is 5.80. The van der Waals surface area contributed by atoms with Crippen LogP contribution in [0.4, 0.5) is 5.69 Å². The number of amides is 1. The molecule has 1 N–H and O–H groups in total. The van der Waals surface area contributed by atoms with Crippen molar-refractivity contribution in [3.05, 3.63) is 70.7 Å². The monoisotopic (exact) mass is 446 g/mol. The maximum absolute atomic E-state index is 12.6. The Hall–Kier alpha value is -2.28. The molecule has 1 aromatic heterocycles. The molecule has 0 bridgehead atoms. The molecule has 1 unspecified atom stereocenters. The van der Waals surface area contributed by atoms with E-state index in [0.717, 1.165) is 11.3 Å². The fourth-order valence-electron chi connectivity index (χ4n) is 2.63. The molecule has 0 saturated heterocycles. The highest BCUT2D eigenvalue weighted by molar-refractivity contribution is 8.00. The van der Waals surface area contributed by atoms with E-state index in [2.05, 4.69) is 22.1 Å². The summed E-state index contributed by atoms with van der Waals surface area (Å²) in [4.78, 5) is 12.6. The predicted molar refractivity (Wildman–Crippen MR) is 121 cm³/mol. The van der Waals surface area contributed by atoms with Crippen LogP contribution in [0, 0.1) is 6.92 Å². The zero-order valence-electron chi connectivity index (χ0n) is 16.0. The van der Waals surface area contributed by atoms with Crippen LogP contribution in [0.25, 0.3) is 11.4 Å². The standard InChI is InChI=1S/C21H20Cl2N4OS/c1-4-11-27-19(17-10-7-15(22)12-18(17)23)25-26-21(27)29-14(3)20(28)24-16-8-5-13(2)6-9-16/h4-10,12,14H,1,11H2,2-3H3,(H,24,28). The molecule has 8 heteroatoms. The molecule has 1 atom stereocenters. The molecule has 5 nitrogen and oxygen atoms in total. The topological polar surface area (TPSA) is 59.8 Å². The second-order valence-corrected chi connectivity index (χ2v) is 8.60. The van der Waals surface area contributed by atoms with Crippen molar-refractivity contribution in [2.45, 2.75) is 30.8 Å².